The minimum Gasteiger partial charge on any atom is -0.493 e. The number of aliphatic hydroxyl groups is 1. The van der Waals surface area contributed by atoms with Gasteiger partial charge in [-0.05, 0) is 35.7 Å². The summed E-state index contributed by atoms with van der Waals surface area (Å²) in [6.07, 6.45) is 2.75. The van der Waals surface area contributed by atoms with Gasteiger partial charge in [-0.15, -0.1) is 0 Å². The molecule has 1 atom stereocenters. The Balaban J connectivity index is 1.52. The zero-order valence-corrected chi connectivity index (χ0v) is 19.7. The minimum atomic E-state index is -1.37. The SMILES string of the molecule is CC=Cc1ccc(OCC(O)CN2C(=O)NC(c3ccccc3)(c3ccccc3)C2=O)c(OC)c1. The fraction of sp³-hybridized carbons (Fsp3) is 0.214. The van der Waals surface area contributed by atoms with Gasteiger partial charge in [-0.3, -0.25) is 9.69 Å². The lowest BCUT2D eigenvalue weighted by Crippen LogP contribution is -2.46. The number of hydrogen-bond acceptors (Lipinski definition) is 5. The van der Waals surface area contributed by atoms with Crippen molar-refractivity contribution in [1.29, 1.82) is 0 Å². The van der Waals surface area contributed by atoms with Crippen LogP contribution in [0.2, 0.25) is 0 Å². The van der Waals surface area contributed by atoms with E-state index in [0.29, 0.717) is 22.6 Å². The fourth-order valence-electron chi connectivity index (χ4n) is 4.23. The zero-order chi connectivity index (χ0) is 24.8. The molecule has 0 saturated carbocycles. The normalized spacial score (nSPS) is 15.8. The first-order valence-corrected chi connectivity index (χ1v) is 11.4. The van der Waals surface area contributed by atoms with Crippen LogP contribution >= 0.6 is 0 Å². The van der Waals surface area contributed by atoms with Crippen LogP contribution in [0.1, 0.15) is 23.6 Å². The molecular formula is C28H28N2O5. The first kappa shape index (κ1) is 24.0. The summed E-state index contributed by atoms with van der Waals surface area (Å²) in [5.41, 5.74) is 0.869. The highest BCUT2D eigenvalue weighted by Crippen LogP contribution is 2.36. The largest absolute Gasteiger partial charge is 0.493 e. The topological polar surface area (TPSA) is 88.1 Å². The minimum absolute atomic E-state index is 0.125. The van der Waals surface area contributed by atoms with Gasteiger partial charge in [-0.2, -0.15) is 0 Å². The fourth-order valence-corrected chi connectivity index (χ4v) is 4.23. The number of carbonyl (C=O) groups excluding carboxylic acids is 2. The molecule has 0 bridgehead atoms. The smallest absolute Gasteiger partial charge is 0.325 e. The number of amides is 3. The van der Waals surface area contributed by atoms with Gasteiger partial charge >= 0.3 is 6.03 Å². The first-order valence-electron chi connectivity index (χ1n) is 11.4. The van der Waals surface area contributed by atoms with Crippen molar-refractivity contribution in [3.63, 3.8) is 0 Å². The van der Waals surface area contributed by atoms with E-state index in [2.05, 4.69) is 5.32 Å². The van der Waals surface area contributed by atoms with Crippen molar-refractivity contribution < 1.29 is 24.2 Å². The molecule has 3 aromatic carbocycles. The molecule has 35 heavy (non-hydrogen) atoms. The number of imide groups is 1. The molecule has 1 saturated heterocycles. The average Bonchev–Trinajstić information content (AvgIpc) is 3.14. The van der Waals surface area contributed by atoms with Crippen LogP contribution in [-0.2, 0) is 10.3 Å². The maximum Gasteiger partial charge on any atom is 0.325 e. The van der Waals surface area contributed by atoms with E-state index in [1.165, 1.54) is 7.11 Å². The Hall–Kier alpha value is -4.10. The Labute approximate surface area is 204 Å². The molecule has 7 nitrogen and oxygen atoms in total. The third-order valence-corrected chi connectivity index (χ3v) is 5.89. The molecule has 4 rings (SSSR count). The van der Waals surface area contributed by atoms with Gasteiger partial charge in [0.25, 0.3) is 5.91 Å². The number of allylic oxidation sites excluding steroid dienone is 1. The first-order chi connectivity index (χ1) is 17.0. The molecule has 3 aromatic rings. The van der Waals surface area contributed by atoms with Crippen LogP contribution in [0.15, 0.2) is 84.9 Å². The van der Waals surface area contributed by atoms with Gasteiger partial charge in [-0.1, -0.05) is 78.9 Å². The maximum atomic E-state index is 13.7. The van der Waals surface area contributed by atoms with Crippen molar-refractivity contribution in [2.24, 2.45) is 0 Å². The monoisotopic (exact) mass is 472 g/mol. The summed E-state index contributed by atoms with van der Waals surface area (Å²) >= 11 is 0. The lowest BCUT2D eigenvalue weighted by Gasteiger charge is -2.28. The second-order valence-electron chi connectivity index (χ2n) is 8.20. The number of β-amino-alcohol motifs (C(OH)–C–C–N with tert-alkyl or cyclic N) is 1. The third kappa shape index (κ3) is 4.76. The molecule has 3 amide bonds. The second-order valence-corrected chi connectivity index (χ2v) is 8.20. The molecule has 0 radical (unpaired) electrons. The standard InChI is InChI=1S/C28H28N2O5/c1-3-10-20-15-16-24(25(17-20)34-2)35-19-23(31)18-30-26(32)28(29-27(30)33,21-11-6-4-7-12-21)22-13-8-5-9-14-22/h3-17,23,31H,18-19H2,1-2H3,(H,29,33). The Morgan fingerprint density at radius 1 is 0.971 bits per heavy atom. The summed E-state index contributed by atoms with van der Waals surface area (Å²) in [7, 11) is 1.54. The molecule has 0 aromatic heterocycles. The second kappa shape index (κ2) is 10.4. The zero-order valence-electron chi connectivity index (χ0n) is 19.7. The molecule has 0 spiro atoms. The number of aliphatic hydroxyl groups excluding tert-OH is 1. The number of carbonyl (C=O) groups is 2. The number of nitrogens with zero attached hydrogens (tertiary/aromatic N) is 1. The predicted octanol–water partition coefficient (Wildman–Crippen LogP) is 3.96. The molecule has 2 N–H and O–H groups in total. The van der Waals surface area contributed by atoms with Gasteiger partial charge < -0.3 is 19.9 Å². The van der Waals surface area contributed by atoms with Crippen molar-refractivity contribution in [3.05, 3.63) is 102 Å². The van der Waals surface area contributed by atoms with Crippen molar-refractivity contribution in [2.45, 2.75) is 18.6 Å². The summed E-state index contributed by atoms with van der Waals surface area (Å²) in [5.74, 6) is 0.530. The van der Waals surface area contributed by atoms with Gasteiger partial charge in [0.05, 0.1) is 13.7 Å². The van der Waals surface area contributed by atoms with Crippen LogP contribution in [0.3, 0.4) is 0 Å². The summed E-state index contributed by atoms with van der Waals surface area (Å²) in [4.78, 5) is 27.7. The van der Waals surface area contributed by atoms with Crippen LogP contribution in [0.25, 0.3) is 6.08 Å². The number of hydrogen-bond donors (Lipinski definition) is 2. The molecule has 1 heterocycles. The van der Waals surface area contributed by atoms with E-state index in [0.717, 1.165) is 10.5 Å². The van der Waals surface area contributed by atoms with E-state index in [-0.39, 0.29) is 13.2 Å². The lowest BCUT2D eigenvalue weighted by molar-refractivity contribution is -0.131. The average molecular weight is 473 g/mol. The van der Waals surface area contributed by atoms with E-state index in [4.69, 9.17) is 9.47 Å². The molecule has 1 fully saturated rings. The number of ether oxygens (including phenoxy) is 2. The highest BCUT2D eigenvalue weighted by atomic mass is 16.5. The number of nitrogens with one attached hydrogen (secondary N) is 1. The van der Waals surface area contributed by atoms with Crippen LogP contribution in [0.5, 0.6) is 11.5 Å². The molecule has 1 aliphatic heterocycles. The summed E-state index contributed by atoms with van der Waals surface area (Å²) in [5, 5.41) is 13.5. The van der Waals surface area contributed by atoms with E-state index < -0.39 is 23.6 Å². The van der Waals surface area contributed by atoms with Crippen LogP contribution in [0.4, 0.5) is 4.79 Å². The number of methoxy groups -OCH3 is 1. The summed E-state index contributed by atoms with van der Waals surface area (Å²) in [6.45, 7) is 1.58. The summed E-state index contributed by atoms with van der Waals surface area (Å²) < 4.78 is 11.1. The lowest BCUT2D eigenvalue weighted by atomic mass is 9.82. The van der Waals surface area contributed by atoms with Crippen LogP contribution in [0, 0.1) is 0 Å². The van der Waals surface area contributed by atoms with Gasteiger partial charge in [-0.25, -0.2) is 4.79 Å². The Morgan fingerprint density at radius 2 is 1.60 bits per heavy atom. The number of rotatable bonds is 9. The van der Waals surface area contributed by atoms with Gasteiger partial charge in [0.2, 0.25) is 0 Å². The highest BCUT2D eigenvalue weighted by molar-refractivity contribution is 6.09. The van der Waals surface area contributed by atoms with Crippen molar-refractivity contribution in [2.75, 3.05) is 20.3 Å². The Kier molecular flexibility index (Phi) is 7.17. The Bertz CT molecular complexity index is 1170. The van der Waals surface area contributed by atoms with Crippen LogP contribution < -0.4 is 14.8 Å². The molecule has 1 aliphatic rings. The van der Waals surface area contributed by atoms with Crippen LogP contribution in [-0.4, -0.2) is 48.3 Å². The number of urea groups is 1. The maximum absolute atomic E-state index is 13.7. The van der Waals surface area contributed by atoms with Crippen molar-refractivity contribution in [3.8, 4) is 11.5 Å². The molecular weight excluding hydrogens is 444 g/mol. The van der Waals surface area contributed by atoms with Gasteiger partial charge in [0, 0.05) is 0 Å². The van der Waals surface area contributed by atoms with Gasteiger partial charge in [0.15, 0.2) is 17.0 Å². The van der Waals surface area contributed by atoms with E-state index >= 15 is 0 Å². The third-order valence-electron chi connectivity index (χ3n) is 5.89. The predicted molar refractivity (Wildman–Crippen MR) is 133 cm³/mol. The van der Waals surface area contributed by atoms with Gasteiger partial charge in [0.1, 0.15) is 12.7 Å². The molecule has 1 unspecified atom stereocenters. The highest BCUT2D eigenvalue weighted by Gasteiger charge is 2.53. The Morgan fingerprint density at radius 3 is 2.17 bits per heavy atom. The molecule has 0 aliphatic carbocycles. The summed E-state index contributed by atoms with van der Waals surface area (Å²) in [6, 6.07) is 23.1. The van der Waals surface area contributed by atoms with E-state index in [9.17, 15) is 14.7 Å². The molecule has 180 valence electrons. The quantitative estimate of drug-likeness (QED) is 0.460. The molecule has 7 heteroatoms. The van der Waals surface area contributed by atoms with Crippen molar-refractivity contribution in [1.82, 2.24) is 10.2 Å². The number of benzene rings is 3. The van der Waals surface area contributed by atoms with E-state index in [1.54, 1.807) is 30.3 Å². The van der Waals surface area contributed by atoms with E-state index in [1.807, 2.05) is 67.6 Å². The van der Waals surface area contributed by atoms with Crippen molar-refractivity contribution >= 4 is 18.0 Å².